The number of nitrogens with zero attached hydrogens (tertiary/aromatic N) is 4. The van der Waals surface area contributed by atoms with Crippen molar-refractivity contribution in [1.29, 1.82) is 0 Å². The predicted octanol–water partition coefficient (Wildman–Crippen LogP) is 3.45. The first kappa shape index (κ1) is 13.8. The molecule has 0 radical (unpaired) electrons. The maximum atomic E-state index is 2.31. The first-order valence-electron chi connectivity index (χ1n) is 7.87. The highest BCUT2D eigenvalue weighted by Gasteiger charge is 2.19. The summed E-state index contributed by atoms with van der Waals surface area (Å²) >= 11 is 0. The molecule has 23 heavy (non-hydrogen) atoms. The summed E-state index contributed by atoms with van der Waals surface area (Å²) in [5.74, 6) is 0. The molecule has 0 saturated carbocycles. The average Bonchev–Trinajstić information content (AvgIpc) is 3.27. The van der Waals surface area contributed by atoms with Gasteiger partial charge in [0.25, 0.3) is 0 Å². The van der Waals surface area contributed by atoms with Crippen LogP contribution >= 0.6 is 0 Å². The van der Waals surface area contributed by atoms with E-state index in [0.29, 0.717) is 0 Å². The summed E-state index contributed by atoms with van der Waals surface area (Å²) in [4.78, 5) is 9.14. The second-order valence-corrected chi connectivity index (χ2v) is 5.81. The monoisotopic (exact) mass is 304 g/mol. The number of anilines is 2. The Bertz CT molecular complexity index is 634. The third-order valence-electron chi connectivity index (χ3n) is 4.12. The minimum Gasteiger partial charge on any atom is -0.341 e. The van der Waals surface area contributed by atoms with Gasteiger partial charge >= 0.3 is 0 Å². The van der Waals surface area contributed by atoms with Gasteiger partial charge in [-0.3, -0.25) is 0 Å². The molecule has 4 heteroatoms. The second kappa shape index (κ2) is 6.08. The first-order chi connectivity index (χ1) is 11.4. The van der Waals surface area contributed by atoms with Crippen LogP contribution in [0.5, 0.6) is 0 Å². The van der Waals surface area contributed by atoms with Crippen molar-refractivity contribution in [2.24, 2.45) is 0 Å². The Labute approximate surface area is 137 Å². The van der Waals surface area contributed by atoms with E-state index in [0.717, 1.165) is 20.0 Å². The number of rotatable bonds is 4. The lowest BCUT2D eigenvalue weighted by Crippen LogP contribution is -2.35. The molecule has 2 aromatic rings. The topological polar surface area (TPSA) is 13.0 Å². The number of hydrogen-bond acceptors (Lipinski definition) is 4. The molecule has 4 rings (SSSR count). The van der Waals surface area contributed by atoms with Gasteiger partial charge in [-0.15, -0.1) is 0 Å². The molecule has 116 valence electrons. The summed E-state index contributed by atoms with van der Waals surface area (Å²) in [6.45, 7) is 2.67. The number of hydrogen-bond donors (Lipinski definition) is 0. The Morgan fingerprint density at radius 2 is 1.00 bits per heavy atom. The zero-order chi connectivity index (χ0) is 15.5. The maximum absolute atomic E-state index is 2.31. The summed E-state index contributed by atoms with van der Waals surface area (Å²) in [5, 5.41) is 0. The zero-order valence-corrected chi connectivity index (χ0v) is 13.0. The molecule has 0 amide bonds. The quantitative estimate of drug-likeness (QED) is 0.857. The molecule has 0 atom stereocenters. The molecule has 0 unspecified atom stereocenters. The van der Waals surface area contributed by atoms with Crippen LogP contribution in [0.4, 0.5) is 11.4 Å². The van der Waals surface area contributed by atoms with E-state index in [9.17, 15) is 0 Å². The normalized spacial score (nSPS) is 16.7. The SMILES string of the molecule is C1=CN(c2ccccc2)CN1CN1C=CN(c2ccccc2)C1. The van der Waals surface area contributed by atoms with Gasteiger partial charge in [0.2, 0.25) is 0 Å². The Balaban J connectivity index is 1.33. The molecule has 2 aromatic carbocycles. The molecule has 0 bridgehead atoms. The molecule has 2 heterocycles. The van der Waals surface area contributed by atoms with Crippen molar-refractivity contribution in [3.8, 4) is 0 Å². The molecule has 2 aliphatic heterocycles. The standard InChI is InChI=1S/C19H20N4/c1-3-7-18(8-4-1)22-13-11-20(16-22)15-21-12-14-23(17-21)19-9-5-2-6-10-19/h1-14H,15-17H2. The third kappa shape index (κ3) is 3.01. The Morgan fingerprint density at radius 1 is 0.565 bits per heavy atom. The van der Waals surface area contributed by atoms with E-state index in [-0.39, 0.29) is 0 Å². The zero-order valence-electron chi connectivity index (χ0n) is 13.0. The van der Waals surface area contributed by atoms with Gasteiger partial charge in [0.05, 0.1) is 20.0 Å². The number of benzene rings is 2. The Morgan fingerprint density at radius 3 is 1.43 bits per heavy atom. The summed E-state index contributed by atoms with van der Waals surface area (Å²) in [6, 6.07) is 21.0. The van der Waals surface area contributed by atoms with Crippen LogP contribution in [0.15, 0.2) is 85.5 Å². The fraction of sp³-hybridized carbons (Fsp3) is 0.158. The van der Waals surface area contributed by atoms with Crippen LogP contribution in [0.25, 0.3) is 0 Å². The molecule has 0 N–H and O–H groups in total. The lowest BCUT2D eigenvalue weighted by molar-refractivity contribution is 0.250. The van der Waals surface area contributed by atoms with Gasteiger partial charge in [0.1, 0.15) is 0 Å². The van der Waals surface area contributed by atoms with Crippen molar-refractivity contribution in [3.05, 3.63) is 85.5 Å². The van der Waals surface area contributed by atoms with E-state index in [1.54, 1.807) is 0 Å². The smallest absolute Gasteiger partial charge is 0.0958 e. The van der Waals surface area contributed by atoms with Crippen LogP contribution in [-0.2, 0) is 0 Å². The largest absolute Gasteiger partial charge is 0.341 e. The molecule has 0 aromatic heterocycles. The van der Waals surface area contributed by atoms with Crippen LogP contribution < -0.4 is 9.80 Å². The minimum atomic E-state index is 0.889. The molecular weight excluding hydrogens is 284 g/mol. The highest BCUT2D eigenvalue weighted by Crippen LogP contribution is 2.21. The second-order valence-electron chi connectivity index (χ2n) is 5.81. The van der Waals surface area contributed by atoms with Gasteiger partial charge in [-0.2, -0.15) is 0 Å². The third-order valence-corrected chi connectivity index (χ3v) is 4.12. The number of para-hydroxylation sites is 2. The first-order valence-corrected chi connectivity index (χ1v) is 7.87. The summed E-state index contributed by atoms with van der Waals surface area (Å²) in [7, 11) is 0. The van der Waals surface area contributed by atoms with Gasteiger partial charge in [0, 0.05) is 36.2 Å². The van der Waals surface area contributed by atoms with E-state index >= 15 is 0 Å². The average molecular weight is 304 g/mol. The van der Waals surface area contributed by atoms with Crippen molar-refractivity contribution in [2.45, 2.75) is 0 Å². The highest BCUT2D eigenvalue weighted by atomic mass is 15.4. The molecule has 0 spiro atoms. The van der Waals surface area contributed by atoms with Gasteiger partial charge < -0.3 is 19.6 Å². The van der Waals surface area contributed by atoms with Crippen LogP contribution in [0.3, 0.4) is 0 Å². The minimum absolute atomic E-state index is 0.889. The van der Waals surface area contributed by atoms with E-state index in [2.05, 4.69) is 92.9 Å². The van der Waals surface area contributed by atoms with Crippen LogP contribution in [-0.4, -0.2) is 29.8 Å². The van der Waals surface area contributed by atoms with Gasteiger partial charge in [-0.05, 0) is 24.3 Å². The lowest BCUT2D eigenvalue weighted by atomic mass is 10.3. The van der Waals surface area contributed by atoms with E-state index in [1.807, 2.05) is 12.1 Å². The van der Waals surface area contributed by atoms with Crippen molar-refractivity contribution in [2.75, 3.05) is 29.8 Å². The van der Waals surface area contributed by atoms with Crippen LogP contribution in [0.2, 0.25) is 0 Å². The Hall–Kier alpha value is -2.88. The highest BCUT2D eigenvalue weighted by molar-refractivity contribution is 5.50. The van der Waals surface area contributed by atoms with Gasteiger partial charge in [-0.25, -0.2) is 0 Å². The predicted molar refractivity (Wildman–Crippen MR) is 94.4 cm³/mol. The maximum Gasteiger partial charge on any atom is 0.0958 e. The van der Waals surface area contributed by atoms with E-state index in [4.69, 9.17) is 0 Å². The summed E-state index contributed by atoms with van der Waals surface area (Å²) < 4.78 is 0. The summed E-state index contributed by atoms with van der Waals surface area (Å²) in [6.07, 6.45) is 8.60. The lowest BCUT2D eigenvalue weighted by Gasteiger charge is -2.27. The van der Waals surface area contributed by atoms with Crippen molar-refractivity contribution < 1.29 is 0 Å². The van der Waals surface area contributed by atoms with E-state index < -0.39 is 0 Å². The molecular formula is C19H20N4. The Kier molecular flexibility index (Phi) is 3.64. The van der Waals surface area contributed by atoms with Crippen molar-refractivity contribution >= 4 is 11.4 Å². The fourth-order valence-electron chi connectivity index (χ4n) is 2.92. The van der Waals surface area contributed by atoms with Crippen molar-refractivity contribution in [3.63, 3.8) is 0 Å². The molecule has 2 aliphatic rings. The molecule has 0 aliphatic carbocycles. The van der Waals surface area contributed by atoms with Crippen LogP contribution in [0.1, 0.15) is 0 Å². The fourth-order valence-corrected chi connectivity index (χ4v) is 2.92. The summed E-state index contributed by atoms with van der Waals surface area (Å²) in [5.41, 5.74) is 2.46. The molecule has 4 nitrogen and oxygen atoms in total. The molecule has 0 saturated heterocycles. The van der Waals surface area contributed by atoms with Gasteiger partial charge in [-0.1, -0.05) is 36.4 Å². The van der Waals surface area contributed by atoms with Crippen LogP contribution in [0, 0.1) is 0 Å². The van der Waals surface area contributed by atoms with E-state index in [1.165, 1.54) is 11.4 Å². The van der Waals surface area contributed by atoms with Gasteiger partial charge in [0.15, 0.2) is 0 Å². The molecule has 0 fully saturated rings. The van der Waals surface area contributed by atoms with Crippen molar-refractivity contribution in [1.82, 2.24) is 9.80 Å².